The van der Waals surface area contributed by atoms with Gasteiger partial charge in [-0.1, -0.05) is 24.8 Å². The molecule has 0 aliphatic carbocycles. The van der Waals surface area contributed by atoms with Gasteiger partial charge in [-0.15, -0.1) is 0 Å². The van der Waals surface area contributed by atoms with Crippen LogP contribution in [-0.4, -0.2) is 11.9 Å². The van der Waals surface area contributed by atoms with Gasteiger partial charge >= 0.3 is 0 Å². The quantitative estimate of drug-likeness (QED) is 0.712. The minimum Gasteiger partial charge on any atom is -0.463 e. The molecule has 0 bridgehead atoms. The van der Waals surface area contributed by atoms with Crippen molar-refractivity contribution < 1.29 is 9.47 Å². The van der Waals surface area contributed by atoms with E-state index in [1.807, 2.05) is 58.9 Å². The van der Waals surface area contributed by atoms with Gasteiger partial charge in [0, 0.05) is 13.8 Å². The van der Waals surface area contributed by atoms with Gasteiger partial charge in [0.2, 0.25) is 5.79 Å². The molecule has 0 N–H and O–H groups in total. The molecule has 0 fully saturated rings. The highest BCUT2D eigenvalue weighted by Gasteiger charge is 2.22. The van der Waals surface area contributed by atoms with Crippen LogP contribution in [0.15, 0.2) is 24.8 Å². The summed E-state index contributed by atoms with van der Waals surface area (Å²) < 4.78 is 11.6. The Balaban J connectivity index is 2.91. The zero-order chi connectivity index (χ0) is 13.1. The maximum atomic E-state index is 5.92. The predicted octanol–water partition coefficient (Wildman–Crippen LogP) is 4.18. The summed E-state index contributed by atoms with van der Waals surface area (Å²) in [6, 6.07) is 5.93. The van der Waals surface area contributed by atoms with E-state index in [2.05, 4.69) is 6.58 Å². The summed E-state index contributed by atoms with van der Waals surface area (Å²) in [5.41, 5.74) is 2.17. The molecule has 0 aromatic heterocycles. The van der Waals surface area contributed by atoms with E-state index in [1.165, 1.54) is 0 Å². The van der Waals surface area contributed by atoms with E-state index in [0.29, 0.717) is 0 Å². The Morgan fingerprint density at radius 3 is 2.47 bits per heavy atom. The first-order valence-corrected chi connectivity index (χ1v) is 5.94. The van der Waals surface area contributed by atoms with E-state index in [-0.39, 0.29) is 6.10 Å². The number of hydrogen-bond donors (Lipinski definition) is 0. The lowest BCUT2D eigenvalue weighted by Crippen LogP contribution is -2.34. The average Bonchev–Trinajstić information content (AvgIpc) is 2.19. The first-order valence-electron chi connectivity index (χ1n) is 5.94. The molecule has 1 aromatic carbocycles. The van der Waals surface area contributed by atoms with Crippen molar-refractivity contribution in [2.45, 2.75) is 46.5 Å². The molecule has 0 saturated heterocycles. The van der Waals surface area contributed by atoms with Gasteiger partial charge in [-0.25, -0.2) is 0 Å². The summed E-state index contributed by atoms with van der Waals surface area (Å²) >= 11 is 0. The van der Waals surface area contributed by atoms with Crippen molar-refractivity contribution in [3.8, 4) is 5.75 Å². The molecule has 1 rings (SSSR count). The maximum absolute atomic E-state index is 5.92. The zero-order valence-corrected chi connectivity index (χ0v) is 11.4. The van der Waals surface area contributed by atoms with Crippen LogP contribution in [0.4, 0.5) is 0 Å². The van der Waals surface area contributed by atoms with Gasteiger partial charge in [-0.3, -0.25) is 0 Å². The van der Waals surface area contributed by atoms with Crippen molar-refractivity contribution in [3.63, 3.8) is 0 Å². The lowest BCUT2D eigenvalue weighted by atomic mass is 10.1. The number of hydrogen-bond acceptors (Lipinski definition) is 2. The monoisotopic (exact) mass is 234 g/mol. The standard InChI is InChI=1S/C15H22O2/c1-7-13-9-8-10-14(12(13)4)17-15(5,6)16-11(2)3/h7-11H,1H2,2-6H3. The van der Waals surface area contributed by atoms with Crippen molar-refractivity contribution in [3.05, 3.63) is 35.9 Å². The van der Waals surface area contributed by atoms with Crippen LogP contribution in [0, 0.1) is 6.92 Å². The summed E-state index contributed by atoms with van der Waals surface area (Å²) in [5, 5.41) is 0. The number of benzene rings is 1. The topological polar surface area (TPSA) is 18.5 Å². The molecule has 0 radical (unpaired) electrons. The second kappa shape index (κ2) is 5.37. The largest absolute Gasteiger partial charge is 0.463 e. The molecule has 0 saturated carbocycles. The molecular formula is C15H22O2. The first kappa shape index (κ1) is 13.8. The molecule has 0 amide bonds. The molecule has 17 heavy (non-hydrogen) atoms. The lowest BCUT2D eigenvalue weighted by Gasteiger charge is -2.29. The predicted molar refractivity (Wildman–Crippen MR) is 72.2 cm³/mol. The van der Waals surface area contributed by atoms with Crippen LogP contribution in [0.5, 0.6) is 5.75 Å². The normalized spacial score (nSPS) is 11.6. The summed E-state index contributed by atoms with van der Waals surface area (Å²) in [5.74, 6) is 0.215. The van der Waals surface area contributed by atoms with Gasteiger partial charge in [0.1, 0.15) is 5.75 Å². The number of rotatable bonds is 5. The molecule has 0 unspecified atom stereocenters. The summed E-state index contributed by atoms with van der Waals surface area (Å²) in [7, 11) is 0. The lowest BCUT2D eigenvalue weighted by molar-refractivity contribution is -0.179. The van der Waals surface area contributed by atoms with E-state index in [9.17, 15) is 0 Å². The van der Waals surface area contributed by atoms with E-state index >= 15 is 0 Å². The fourth-order valence-electron chi connectivity index (χ4n) is 1.82. The SMILES string of the molecule is C=Cc1cccc(OC(C)(C)OC(C)C)c1C. The Hall–Kier alpha value is -1.28. The van der Waals surface area contributed by atoms with E-state index in [4.69, 9.17) is 9.47 Å². The zero-order valence-electron chi connectivity index (χ0n) is 11.4. The van der Waals surface area contributed by atoms with Crippen molar-refractivity contribution in [2.24, 2.45) is 0 Å². The molecule has 1 aromatic rings. The second-order valence-corrected chi connectivity index (χ2v) is 4.84. The molecule has 0 spiro atoms. The van der Waals surface area contributed by atoms with Crippen molar-refractivity contribution >= 4 is 6.08 Å². The minimum absolute atomic E-state index is 0.132. The third-order valence-electron chi connectivity index (χ3n) is 2.42. The first-order chi connectivity index (χ1) is 7.85. The Kier molecular flexibility index (Phi) is 4.35. The Labute approximate surface area is 104 Å². The van der Waals surface area contributed by atoms with Crippen molar-refractivity contribution in [2.75, 3.05) is 0 Å². The molecule has 0 atom stereocenters. The van der Waals surface area contributed by atoms with Gasteiger partial charge in [0.05, 0.1) is 6.10 Å². The van der Waals surface area contributed by atoms with Gasteiger partial charge in [0.25, 0.3) is 0 Å². The van der Waals surface area contributed by atoms with Crippen molar-refractivity contribution in [1.29, 1.82) is 0 Å². The third kappa shape index (κ3) is 3.90. The van der Waals surface area contributed by atoms with Crippen LogP contribution < -0.4 is 4.74 Å². The molecule has 94 valence electrons. The highest BCUT2D eigenvalue weighted by atomic mass is 16.7. The molecule has 0 aliphatic heterocycles. The summed E-state index contributed by atoms with van der Waals surface area (Å²) in [6.07, 6.45) is 1.96. The van der Waals surface area contributed by atoms with E-state index in [0.717, 1.165) is 16.9 Å². The minimum atomic E-state index is -0.626. The summed E-state index contributed by atoms with van der Waals surface area (Å²) in [4.78, 5) is 0. The highest BCUT2D eigenvalue weighted by Crippen LogP contribution is 2.27. The van der Waals surface area contributed by atoms with Gasteiger partial charge in [-0.05, 0) is 38.0 Å². The Morgan fingerprint density at radius 1 is 1.29 bits per heavy atom. The highest BCUT2D eigenvalue weighted by molar-refractivity contribution is 5.55. The van der Waals surface area contributed by atoms with Crippen LogP contribution in [0.25, 0.3) is 6.08 Å². The van der Waals surface area contributed by atoms with Crippen molar-refractivity contribution in [1.82, 2.24) is 0 Å². The average molecular weight is 234 g/mol. The van der Waals surface area contributed by atoms with Gasteiger partial charge < -0.3 is 9.47 Å². The smallest absolute Gasteiger partial charge is 0.205 e. The van der Waals surface area contributed by atoms with Crippen LogP contribution in [0.2, 0.25) is 0 Å². The summed E-state index contributed by atoms with van der Waals surface area (Å²) in [6.45, 7) is 13.7. The van der Waals surface area contributed by atoms with Crippen LogP contribution in [0.1, 0.15) is 38.8 Å². The molecule has 0 aliphatic rings. The fourth-order valence-corrected chi connectivity index (χ4v) is 1.82. The molecular weight excluding hydrogens is 212 g/mol. The van der Waals surface area contributed by atoms with E-state index in [1.54, 1.807) is 0 Å². The maximum Gasteiger partial charge on any atom is 0.205 e. The Morgan fingerprint density at radius 2 is 1.94 bits per heavy atom. The van der Waals surface area contributed by atoms with Gasteiger partial charge in [0.15, 0.2) is 0 Å². The van der Waals surface area contributed by atoms with Crippen LogP contribution >= 0.6 is 0 Å². The molecule has 2 heteroatoms. The molecule has 2 nitrogen and oxygen atoms in total. The van der Waals surface area contributed by atoms with Gasteiger partial charge in [-0.2, -0.15) is 0 Å². The fraction of sp³-hybridized carbons (Fsp3) is 0.467. The molecule has 0 heterocycles. The Bertz CT molecular complexity index is 392. The van der Waals surface area contributed by atoms with E-state index < -0.39 is 5.79 Å². The second-order valence-electron chi connectivity index (χ2n) is 4.84. The third-order valence-corrected chi connectivity index (χ3v) is 2.42. The number of ether oxygens (including phenoxy) is 2. The van der Waals surface area contributed by atoms with Crippen LogP contribution in [0.3, 0.4) is 0 Å². The van der Waals surface area contributed by atoms with Crippen LogP contribution in [-0.2, 0) is 4.74 Å².